The van der Waals surface area contributed by atoms with E-state index in [9.17, 15) is 4.79 Å². The van der Waals surface area contributed by atoms with Crippen LogP contribution in [0.5, 0.6) is 5.75 Å². The molecule has 5 heteroatoms. The molecular weight excluding hydrogens is 266 g/mol. The van der Waals surface area contributed by atoms with Crippen molar-refractivity contribution >= 4 is 11.6 Å². The molecule has 0 radical (unpaired) electrons. The van der Waals surface area contributed by atoms with Crippen molar-refractivity contribution in [2.75, 3.05) is 18.5 Å². The van der Waals surface area contributed by atoms with E-state index >= 15 is 0 Å². The van der Waals surface area contributed by atoms with Gasteiger partial charge in [-0.25, -0.2) is 0 Å². The van der Waals surface area contributed by atoms with E-state index in [2.05, 4.69) is 10.6 Å². The number of nitrogens with zero attached hydrogens (tertiary/aromatic N) is 1. The molecule has 0 saturated carbocycles. The van der Waals surface area contributed by atoms with E-state index in [-0.39, 0.29) is 11.5 Å². The molecular formula is C16H21N3O2. The maximum absolute atomic E-state index is 11.8. The Hall–Kier alpha value is -2.48. The average Bonchev–Trinajstić information content (AvgIpc) is 2.47. The van der Waals surface area contributed by atoms with Gasteiger partial charge in [-0.2, -0.15) is 5.26 Å². The Morgan fingerprint density at radius 1 is 1.43 bits per heavy atom. The van der Waals surface area contributed by atoms with Gasteiger partial charge in [-0.05, 0) is 25.0 Å². The van der Waals surface area contributed by atoms with Crippen LogP contribution < -0.4 is 15.4 Å². The fourth-order valence-electron chi connectivity index (χ4n) is 1.56. The lowest BCUT2D eigenvalue weighted by Gasteiger charge is -2.10. The van der Waals surface area contributed by atoms with E-state index in [1.54, 1.807) is 0 Å². The van der Waals surface area contributed by atoms with Crippen molar-refractivity contribution in [3.63, 3.8) is 0 Å². The molecule has 0 aromatic heterocycles. The van der Waals surface area contributed by atoms with Gasteiger partial charge in [-0.15, -0.1) is 0 Å². The first-order valence-corrected chi connectivity index (χ1v) is 6.95. The minimum absolute atomic E-state index is 0.0296. The number of para-hydroxylation sites is 2. The molecule has 0 spiro atoms. The largest absolute Gasteiger partial charge is 0.492 e. The second-order valence-corrected chi connectivity index (χ2v) is 4.85. The number of amides is 1. The van der Waals surface area contributed by atoms with Crippen molar-refractivity contribution in [1.82, 2.24) is 5.32 Å². The fraction of sp³-hybridized carbons (Fsp3) is 0.375. The average molecular weight is 287 g/mol. The number of carbonyl (C=O) groups excluding carboxylic acids is 1. The highest BCUT2D eigenvalue weighted by molar-refractivity contribution is 5.97. The van der Waals surface area contributed by atoms with Gasteiger partial charge in [0.25, 0.3) is 5.91 Å². The monoisotopic (exact) mass is 287 g/mol. The van der Waals surface area contributed by atoms with Crippen LogP contribution in [0.2, 0.25) is 0 Å². The number of hydrogen-bond acceptors (Lipinski definition) is 4. The standard InChI is InChI=1S/C16H21N3O2/c1-4-21-15-8-6-5-7-14(15)18-11-13(9-17)16(20)19-10-12(2)3/h5-8,11-12,18H,4,10H2,1-3H3,(H,19,20)/b13-11-. The summed E-state index contributed by atoms with van der Waals surface area (Å²) in [5, 5.41) is 14.7. The van der Waals surface area contributed by atoms with E-state index < -0.39 is 0 Å². The molecule has 1 amide bonds. The fourth-order valence-corrected chi connectivity index (χ4v) is 1.56. The molecule has 2 N–H and O–H groups in total. The summed E-state index contributed by atoms with van der Waals surface area (Å²) < 4.78 is 5.47. The van der Waals surface area contributed by atoms with Gasteiger partial charge in [0.05, 0.1) is 12.3 Å². The molecule has 0 bridgehead atoms. The molecule has 21 heavy (non-hydrogen) atoms. The van der Waals surface area contributed by atoms with E-state index in [4.69, 9.17) is 10.00 Å². The van der Waals surface area contributed by atoms with Gasteiger partial charge >= 0.3 is 0 Å². The lowest BCUT2D eigenvalue weighted by atomic mass is 10.2. The molecule has 0 atom stereocenters. The zero-order chi connectivity index (χ0) is 15.7. The van der Waals surface area contributed by atoms with Crippen LogP contribution in [0.25, 0.3) is 0 Å². The second kappa shape index (κ2) is 8.64. The number of benzene rings is 1. The molecule has 0 heterocycles. The number of carbonyl (C=O) groups is 1. The summed E-state index contributed by atoms with van der Waals surface area (Å²) in [5.41, 5.74) is 0.741. The summed E-state index contributed by atoms with van der Waals surface area (Å²) >= 11 is 0. The van der Waals surface area contributed by atoms with Gasteiger partial charge in [0, 0.05) is 12.7 Å². The SMILES string of the molecule is CCOc1ccccc1N/C=C(/C#N)C(=O)NCC(C)C. The predicted molar refractivity (Wildman–Crippen MR) is 82.8 cm³/mol. The first-order chi connectivity index (χ1) is 10.1. The topological polar surface area (TPSA) is 74.1 Å². The van der Waals surface area contributed by atoms with Gasteiger partial charge < -0.3 is 15.4 Å². The Morgan fingerprint density at radius 2 is 2.14 bits per heavy atom. The number of anilines is 1. The zero-order valence-electron chi connectivity index (χ0n) is 12.6. The smallest absolute Gasteiger partial charge is 0.263 e. The Labute approximate surface area is 125 Å². The maximum Gasteiger partial charge on any atom is 0.263 e. The van der Waals surface area contributed by atoms with Crippen LogP contribution in [-0.4, -0.2) is 19.1 Å². The Bertz CT molecular complexity index is 545. The normalized spacial score (nSPS) is 10.9. The molecule has 0 aliphatic heterocycles. The number of ether oxygens (including phenoxy) is 1. The maximum atomic E-state index is 11.8. The zero-order valence-corrected chi connectivity index (χ0v) is 12.6. The lowest BCUT2D eigenvalue weighted by molar-refractivity contribution is -0.117. The van der Waals surface area contributed by atoms with Gasteiger partial charge in [-0.1, -0.05) is 26.0 Å². The number of nitrogens with one attached hydrogen (secondary N) is 2. The Balaban J connectivity index is 2.77. The van der Waals surface area contributed by atoms with Crippen molar-refractivity contribution in [2.45, 2.75) is 20.8 Å². The summed E-state index contributed by atoms with van der Waals surface area (Å²) in [6.45, 7) is 6.96. The number of rotatable bonds is 7. The quantitative estimate of drug-likeness (QED) is 0.597. The van der Waals surface area contributed by atoms with Crippen LogP contribution in [0, 0.1) is 17.2 Å². The van der Waals surface area contributed by atoms with Gasteiger partial charge in [-0.3, -0.25) is 4.79 Å². The molecule has 1 aromatic carbocycles. The van der Waals surface area contributed by atoms with Crippen molar-refractivity contribution in [3.8, 4) is 11.8 Å². The number of hydrogen-bond donors (Lipinski definition) is 2. The summed E-state index contributed by atoms with van der Waals surface area (Å²) in [5.74, 6) is 0.629. The molecule has 112 valence electrons. The Kier molecular flexibility index (Phi) is 6.82. The first kappa shape index (κ1) is 16.6. The Morgan fingerprint density at radius 3 is 2.76 bits per heavy atom. The van der Waals surface area contributed by atoms with Crippen LogP contribution >= 0.6 is 0 Å². The first-order valence-electron chi connectivity index (χ1n) is 6.95. The van der Waals surface area contributed by atoms with Crippen LogP contribution in [0.4, 0.5) is 5.69 Å². The van der Waals surface area contributed by atoms with Crippen LogP contribution in [-0.2, 0) is 4.79 Å². The van der Waals surface area contributed by atoms with Crippen molar-refractivity contribution < 1.29 is 9.53 Å². The van der Waals surface area contributed by atoms with Crippen molar-refractivity contribution in [3.05, 3.63) is 36.0 Å². The van der Waals surface area contributed by atoms with Gasteiger partial charge in [0.1, 0.15) is 17.4 Å². The predicted octanol–water partition coefficient (Wildman–Crippen LogP) is 2.68. The molecule has 0 fully saturated rings. The summed E-state index contributed by atoms with van der Waals surface area (Å²) in [4.78, 5) is 11.8. The summed E-state index contributed by atoms with van der Waals surface area (Å²) in [7, 11) is 0. The molecule has 0 aliphatic rings. The van der Waals surface area contributed by atoms with E-state index in [1.807, 2.05) is 51.1 Å². The van der Waals surface area contributed by atoms with Crippen molar-refractivity contribution in [1.29, 1.82) is 5.26 Å². The van der Waals surface area contributed by atoms with E-state index in [0.29, 0.717) is 30.5 Å². The van der Waals surface area contributed by atoms with Crippen molar-refractivity contribution in [2.24, 2.45) is 5.92 Å². The van der Waals surface area contributed by atoms with E-state index in [1.165, 1.54) is 6.20 Å². The molecule has 0 unspecified atom stereocenters. The summed E-state index contributed by atoms with van der Waals surface area (Å²) in [6.07, 6.45) is 1.40. The lowest BCUT2D eigenvalue weighted by Crippen LogP contribution is -2.28. The van der Waals surface area contributed by atoms with Gasteiger partial charge in [0.15, 0.2) is 0 Å². The highest BCUT2D eigenvalue weighted by Gasteiger charge is 2.09. The molecule has 0 saturated heterocycles. The minimum Gasteiger partial charge on any atom is -0.492 e. The highest BCUT2D eigenvalue weighted by Crippen LogP contribution is 2.23. The molecule has 1 aromatic rings. The van der Waals surface area contributed by atoms with Crippen LogP contribution in [0.3, 0.4) is 0 Å². The number of nitriles is 1. The molecule has 5 nitrogen and oxygen atoms in total. The summed E-state index contributed by atoms with van der Waals surface area (Å²) in [6, 6.07) is 9.25. The van der Waals surface area contributed by atoms with Crippen LogP contribution in [0.15, 0.2) is 36.0 Å². The third-order valence-electron chi connectivity index (χ3n) is 2.59. The minimum atomic E-state index is -0.382. The molecule has 1 rings (SSSR count). The molecule has 0 aliphatic carbocycles. The highest BCUT2D eigenvalue weighted by atomic mass is 16.5. The van der Waals surface area contributed by atoms with Gasteiger partial charge in [0.2, 0.25) is 0 Å². The van der Waals surface area contributed by atoms with E-state index in [0.717, 1.165) is 0 Å². The second-order valence-electron chi connectivity index (χ2n) is 4.85. The third-order valence-corrected chi connectivity index (χ3v) is 2.59. The third kappa shape index (κ3) is 5.57. The van der Waals surface area contributed by atoms with Crippen LogP contribution in [0.1, 0.15) is 20.8 Å².